The number of nitrogens with two attached hydrogens (primary N) is 1. The second-order valence-corrected chi connectivity index (χ2v) is 5.42. The van der Waals surface area contributed by atoms with Crippen molar-refractivity contribution < 1.29 is 24.6 Å². The first-order valence-corrected chi connectivity index (χ1v) is 7.19. The summed E-state index contributed by atoms with van der Waals surface area (Å²) in [4.78, 5) is 28.1. The molecule has 1 aliphatic rings. The second kappa shape index (κ2) is 7.24. The minimum atomic E-state index is -0.918. The molecule has 0 aromatic heterocycles. The first-order valence-electron chi connectivity index (χ1n) is 7.19. The highest BCUT2D eigenvalue weighted by Gasteiger charge is 2.29. The third-order valence-electron chi connectivity index (χ3n) is 3.69. The van der Waals surface area contributed by atoms with E-state index in [1.165, 1.54) is 11.1 Å². The maximum atomic E-state index is 12.0. The Balaban J connectivity index is 1.88. The molecule has 2 unspecified atom stereocenters. The van der Waals surface area contributed by atoms with Gasteiger partial charge in [-0.05, 0) is 24.5 Å². The summed E-state index contributed by atoms with van der Waals surface area (Å²) in [5, 5.41) is 20.0. The Morgan fingerprint density at radius 3 is 2.82 bits per heavy atom. The summed E-state index contributed by atoms with van der Waals surface area (Å²) in [5.74, 6) is -1.97. The van der Waals surface area contributed by atoms with E-state index < -0.39 is 23.9 Å². The van der Waals surface area contributed by atoms with Crippen molar-refractivity contribution in [3.05, 3.63) is 29.8 Å². The standard InChI is InChI=1S/C15H20N2O5/c16-12(8-10-4-1-2-6-13(10)18)15(21)22-17-7-3-5-11(9-17)14(19)20/h1-2,4,6,11-12,18H,3,5,7-9,16H2,(H,19,20). The summed E-state index contributed by atoms with van der Waals surface area (Å²) >= 11 is 0. The molecule has 0 bridgehead atoms. The van der Waals surface area contributed by atoms with E-state index in [0.717, 1.165) is 0 Å². The minimum absolute atomic E-state index is 0.0784. The lowest BCUT2D eigenvalue weighted by Crippen LogP contribution is -2.44. The topological polar surface area (TPSA) is 113 Å². The largest absolute Gasteiger partial charge is 0.508 e. The van der Waals surface area contributed by atoms with E-state index in [1.807, 2.05) is 0 Å². The van der Waals surface area contributed by atoms with Gasteiger partial charge in [-0.15, -0.1) is 5.06 Å². The van der Waals surface area contributed by atoms with Crippen LogP contribution in [0.25, 0.3) is 0 Å². The Morgan fingerprint density at radius 2 is 2.14 bits per heavy atom. The van der Waals surface area contributed by atoms with Gasteiger partial charge in [-0.25, -0.2) is 4.79 Å². The second-order valence-electron chi connectivity index (χ2n) is 5.42. The number of carbonyl (C=O) groups excluding carboxylic acids is 1. The number of phenolic OH excluding ortho intramolecular Hbond substituents is 1. The molecule has 1 heterocycles. The van der Waals surface area contributed by atoms with Crippen LogP contribution in [0.1, 0.15) is 18.4 Å². The SMILES string of the molecule is NC(Cc1ccccc1O)C(=O)ON1CCCC(C(=O)O)C1. The van der Waals surface area contributed by atoms with Crippen molar-refractivity contribution in [1.29, 1.82) is 0 Å². The van der Waals surface area contributed by atoms with Gasteiger partial charge in [0.2, 0.25) is 0 Å². The normalized spacial score (nSPS) is 20.3. The van der Waals surface area contributed by atoms with Gasteiger partial charge < -0.3 is 20.8 Å². The Labute approximate surface area is 128 Å². The van der Waals surface area contributed by atoms with E-state index in [-0.39, 0.29) is 18.7 Å². The van der Waals surface area contributed by atoms with Crippen LogP contribution >= 0.6 is 0 Å². The van der Waals surface area contributed by atoms with Crippen LogP contribution in [-0.4, -0.2) is 46.3 Å². The number of piperidine rings is 1. The molecule has 2 atom stereocenters. The highest BCUT2D eigenvalue weighted by molar-refractivity contribution is 5.76. The number of carboxylic acid groups (broad SMARTS) is 1. The van der Waals surface area contributed by atoms with Gasteiger partial charge in [0.15, 0.2) is 0 Å². The number of nitrogens with zero attached hydrogens (tertiary/aromatic N) is 1. The van der Waals surface area contributed by atoms with Gasteiger partial charge in [-0.1, -0.05) is 18.2 Å². The molecule has 4 N–H and O–H groups in total. The van der Waals surface area contributed by atoms with Crippen LogP contribution < -0.4 is 5.73 Å². The van der Waals surface area contributed by atoms with Gasteiger partial charge >= 0.3 is 11.9 Å². The molecular weight excluding hydrogens is 288 g/mol. The van der Waals surface area contributed by atoms with Crippen LogP contribution in [0.5, 0.6) is 5.75 Å². The summed E-state index contributed by atoms with van der Waals surface area (Å²) in [7, 11) is 0. The average molecular weight is 308 g/mol. The van der Waals surface area contributed by atoms with Gasteiger partial charge in [0.1, 0.15) is 11.8 Å². The summed E-state index contributed by atoms with van der Waals surface area (Å²) in [6, 6.07) is 5.72. The Kier molecular flexibility index (Phi) is 5.35. The fraction of sp³-hybridized carbons (Fsp3) is 0.467. The van der Waals surface area contributed by atoms with Gasteiger partial charge in [0.25, 0.3) is 0 Å². The van der Waals surface area contributed by atoms with Crippen molar-refractivity contribution in [1.82, 2.24) is 5.06 Å². The van der Waals surface area contributed by atoms with Crippen LogP contribution in [0.3, 0.4) is 0 Å². The van der Waals surface area contributed by atoms with Crippen LogP contribution in [-0.2, 0) is 20.8 Å². The van der Waals surface area contributed by atoms with E-state index >= 15 is 0 Å². The molecule has 0 amide bonds. The number of hydrogen-bond donors (Lipinski definition) is 3. The first-order chi connectivity index (χ1) is 10.5. The molecule has 120 valence electrons. The predicted octanol–water partition coefficient (Wildman–Crippen LogP) is 0.517. The number of carboxylic acids is 1. The number of hydrogen-bond acceptors (Lipinski definition) is 6. The number of hydroxylamine groups is 2. The third kappa shape index (κ3) is 4.19. The zero-order chi connectivity index (χ0) is 16.1. The number of phenols is 1. The van der Waals surface area contributed by atoms with Crippen molar-refractivity contribution in [3.63, 3.8) is 0 Å². The summed E-state index contributed by atoms with van der Waals surface area (Å²) in [6.07, 6.45) is 1.38. The maximum absolute atomic E-state index is 12.0. The monoisotopic (exact) mass is 308 g/mol. The van der Waals surface area contributed by atoms with Crippen LogP contribution in [0.15, 0.2) is 24.3 Å². The number of aliphatic carboxylic acids is 1. The number of carbonyl (C=O) groups is 2. The van der Waals surface area contributed by atoms with Crippen molar-refractivity contribution in [2.75, 3.05) is 13.1 Å². The molecule has 1 aromatic rings. The molecular formula is C15H20N2O5. The smallest absolute Gasteiger partial charge is 0.342 e. The highest BCUT2D eigenvalue weighted by atomic mass is 16.7. The first kappa shape index (κ1) is 16.3. The quantitative estimate of drug-likeness (QED) is 0.726. The van der Waals surface area contributed by atoms with E-state index in [1.54, 1.807) is 18.2 Å². The molecule has 1 saturated heterocycles. The number of aromatic hydroxyl groups is 1. The lowest BCUT2D eigenvalue weighted by atomic mass is 10.00. The van der Waals surface area contributed by atoms with Gasteiger partial charge in [0.05, 0.1) is 5.92 Å². The zero-order valence-electron chi connectivity index (χ0n) is 12.1. The predicted molar refractivity (Wildman–Crippen MR) is 77.8 cm³/mol. The lowest BCUT2D eigenvalue weighted by molar-refractivity contribution is -0.202. The molecule has 0 spiro atoms. The molecule has 7 heteroatoms. The molecule has 1 aliphatic heterocycles. The Bertz CT molecular complexity index is 548. The number of rotatable bonds is 5. The fourth-order valence-corrected chi connectivity index (χ4v) is 2.43. The van der Waals surface area contributed by atoms with Gasteiger partial charge in [-0.3, -0.25) is 4.79 Å². The van der Waals surface area contributed by atoms with Crippen molar-refractivity contribution in [2.24, 2.45) is 11.7 Å². The van der Waals surface area contributed by atoms with Crippen LogP contribution in [0.2, 0.25) is 0 Å². The maximum Gasteiger partial charge on any atom is 0.342 e. The third-order valence-corrected chi connectivity index (χ3v) is 3.69. The number of benzene rings is 1. The highest BCUT2D eigenvalue weighted by Crippen LogP contribution is 2.19. The van der Waals surface area contributed by atoms with Crippen LogP contribution in [0.4, 0.5) is 0 Å². The van der Waals surface area contributed by atoms with E-state index in [0.29, 0.717) is 24.9 Å². The van der Waals surface area contributed by atoms with E-state index in [4.69, 9.17) is 15.7 Å². The Hall–Kier alpha value is -2.12. The molecule has 2 rings (SSSR count). The molecule has 0 radical (unpaired) electrons. The molecule has 22 heavy (non-hydrogen) atoms. The Morgan fingerprint density at radius 1 is 1.41 bits per heavy atom. The van der Waals surface area contributed by atoms with Gasteiger partial charge in [-0.2, -0.15) is 0 Å². The molecule has 1 aromatic carbocycles. The molecule has 0 aliphatic carbocycles. The average Bonchev–Trinajstić information content (AvgIpc) is 2.49. The van der Waals surface area contributed by atoms with Crippen molar-refractivity contribution in [2.45, 2.75) is 25.3 Å². The summed E-state index contributed by atoms with van der Waals surface area (Å²) < 4.78 is 0. The van der Waals surface area contributed by atoms with Crippen molar-refractivity contribution >= 4 is 11.9 Å². The lowest BCUT2D eigenvalue weighted by Gasteiger charge is -2.29. The van der Waals surface area contributed by atoms with E-state index in [2.05, 4.69) is 0 Å². The fourth-order valence-electron chi connectivity index (χ4n) is 2.43. The summed E-state index contributed by atoms with van der Waals surface area (Å²) in [5.41, 5.74) is 6.37. The molecule has 1 fully saturated rings. The molecule has 7 nitrogen and oxygen atoms in total. The number of para-hydroxylation sites is 1. The zero-order valence-corrected chi connectivity index (χ0v) is 12.1. The van der Waals surface area contributed by atoms with Crippen molar-refractivity contribution in [3.8, 4) is 5.75 Å². The van der Waals surface area contributed by atoms with E-state index in [9.17, 15) is 14.7 Å². The molecule has 0 saturated carbocycles. The van der Waals surface area contributed by atoms with Gasteiger partial charge in [0, 0.05) is 19.5 Å². The summed E-state index contributed by atoms with van der Waals surface area (Å²) in [6.45, 7) is 0.670. The van der Waals surface area contributed by atoms with Crippen LogP contribution in [0, 0.1) is 5.92 Å². The minimum Gasteiger partial charge on any atom is -0.508 e.